The highest BCUT2D eigenvalue weighted by atomic mass is 79.9. The summed E-state index contributed by atoms with van der Waals surface area (Å²) in [5.41, 5.74) is 2.25. The first-order valence-electron chi connectivity index (χ1n) is 5.87. The van der Waals surface area contributed by atoms with Gasteiger partial charge in [0.15, 0.2) is 0 Å². The molecule has 1 heterocycles. The summed E-state index contributed by atoms with van der Waals surface area (Å²) in [5.74, 6) is 0.956. The monoisotopic (exact) mass is 325 g/mol. The molecule has 0 atom stereocenters. The summed E-state index contributed by atoms with van der Waals surface area (Å²) in [6, 6.07) is 16.8. The highest BCUT2D eigenvalue weighted by Gasteiger charge is 2.12. The molecule has 0 aliphatic rings. The van der Waals surface area contributed by atoms with Gasteiger partial charge in [0.2, 0.25) is 5.82 Å². The van der Waals surface area contributed by atoms with Gasteiger partial charge in [-0.3, -0.25) is 0 Å². The maximum Gasteiger partial charge on any atom is 0.258 e. The molecule has 0 unspecified atom stereocenters. The van der Waals surface area contributed by atoms with E-state index in [0.29, 0.717) is 17.3 Å². The van der Waals surface area contributed by atoms with Gasteiger partial charge in [-0.2, -0.15) is 10.2 Å². The Balaban J connectivity index is 1.98. The normalized spacial score (nSPS) is 10.2. The lowest BCUT2D eigenvalue weighted by Gasteiger charge is -1.96. The van der Waals surface area contributed by atoms with E-state index in [2.05, 4.69) is 32.1 Å². The van der Waals surface area contributed by atoms with Gasteiger partial charge in [0, 0.05) is 15.6 Å². The highest BCUT2D eigenvalue weighted by Crippen LogP contribution is 2.27. The van der Waals surface area contributed by atoms with Crippen LogP contribution >= 0.6 is 15.9 Å². The molecule has 0 amide bonds. The number of benzene rings is 2. The molecule has 0 saturated carbocycles. The van der Waals surface area contributed by atoms with Gasteiger partial charge in [-0.25, -0.2) is 0 Å². The Bertz CT molecular complexity index is 787. The zero-order valence-corrected chi connectivity index (χ0v) is 11.8. The van der Waals surface area contributed by atoms with E-state index < -0.39 is 0 Å². The molecule has 0 aliphatic carbocycles. The van der Waals surface area contributed by atoms with Gasteiger partial charge < -0.3 is 4.52 Å². The van der Waals surface area contributed by atoms with Gasteiger partial charge in [-0.15, -0.1) is 0 Å². The molecule has 96 valence electrons. The molecule has 2 aromatic carbocycles. The predicted molar refractivity (Wildman–Crippen MR) is 77.6 cm³/mol. The van der Waals surface area contributed by atoms with Crippen LogP contribution in [0.25, 0.3) is 22.8 Å². The number of rotatable bonds is 2. The molecule has 0 N–H and O–H groups in total. The molecule has 0 bridgehead atoms. The maximum atomic E-state index is 8.78. The Morgan fingerprint density at radius 3 is 2.50 bits per heavy atom. The second-order valence-corrected chi connectivity index (χ2v) is 4.95. The van der Waals surface area contributed by atoms with E-state index >= 15 is 0 Å². The van der Waals surface area contributed by atoms with Crippen LogP contribution in [0.4, 0.5) is 0 Å². The van der Waals surface area contributed by atoms with Crippen molar-refractivity contribution in [1.82, 2.24) is 10.1 Å². The van der Waals surface area contributed by atoms with Gasteiger partial charge >= 0.3 is 0 Å². The fourth-order valence-corrected chi connectivity index (χ4v) is 2.24. The van der Waals surface area contributed by atoms with Crippen molar-refractivity contribution in [3.63, 3.8) is 0 Å². The zero-order valence-electron chi connectivity index (χ0n) is 10.2. The molecular weight excluding hydrogens is 318 g/mol. The van der Waals surface area contributed by atoms with Crippen molar-refractivity contribution in [1.29, 1.82) is 5.26 Å². The zero-order chi connectivity index (χ0) is 13.9. The fourth-order valence-electron chi connectivity index (χ4n) is 1.78. The van der Waals surface area contributed by atoms with Crippen molar-refractivity contribution in [2.75, 3.05) is 0 Å². The van der Waals surface area contributed by atoms with Gasteiger partial charge in [0.05, 0.1) is 11.6 Å². The Kier molecular flexibility index (Phi) is 3.32. The first-order valence-corrected chi connectivity index (χ1v) is 6.66. The molecule has 3 rings (SSSR count). The number of aromatic nitrogens is 2. The molecule has 5 heteroatoms. The molecular formula is C15H8BrN3O. The third-order valence-corrected chi connectivity index (χ3v) is 3.49. The molecule has 4 nitrogen and oxygen atoms in total. The molecule has 3 aromatic rings. The quantitative estimate of drug-likeness (QED) is 0.713. The van der Waals surface area contributed by atoms with Crippen molar-refractivity contribution in [3.8, 4) is 28.9 Å². The number of nitrogens with zero attached hydrogens (tertiary/aromatic N) is 3. The Morgan fingerprint density at radius 2 is 1.80 bits per heavy atom. The minimum Gasteiger partial charge on any atom is -0.334 e. The van der Waals surface area contributed by atoms with Crippen LogP contribution in [0.2, 0.25) is 0 Å². The standard InChI is InChI=1S/C15H8BrN3O/c16-13-4-2-1-3-12(13)14-18-15(20-19-14)11-7-5-10(9-17)6-8-11/h1-8H. The van der Waals surface area contributed by atoms with Crippen LogP contribution in [-0.4, -0.2) is 10.1 Å². The van der Waals surface area contributed by atoms with Crippen molar-refractivity contribution in [3.05, 3.63) is 58.6 Å². The van der Waals surface area contributed by atoms with E-state index in [1.807, 2.05) is 24.3 Å². The summed E-state index contributed by atoms with van der Waals surface area (Å²) in [7, 11) is 0. The first-order chi connectivity index (χ1) is 9.78. The minimum atomic E-state index is 0.431. The predicted octanol–water partition coefficient (Wildman–Crippen LogP) is 4.04. The maximum absolute atomic E-state index is 8.78. The Labute approximate surface area is 123 Å². The van der Waals surface area contributed by atoms with Crippen LogP contribution < -0.4 is 0 Å². The van der Waals surface area contributed by atoms with Crippen LogP contribution in [0.1, 0.15) is 5.56 Å². The van der Waals surface area contributed by atoms with Crippen LogP contribution in [-0.2, 0) is 0 Å². The van der Waals surface area contributed by atoms with Crippen LogP contribution in [0, 0.1) is 11.3 Å². The Hall–Kier alpha value is -2.45. The minimum absolute atomic E-state index is 0.431. The number of nitriles is 1. The third-order valence-electron chi connectivity index (χ3n) is 2.80. The molecule has 1 aromatic heterocycles. The van der Waals surface area contributed by atoms with E-state index in [1.165, 1.54) is 0 Å². The molecule has 0 fully saturated rings. The van der Waals surface area contributed by atoms with E-state index in [-0.39, 0.29) is 0 Å². The molecule has 0 spiro atoms. The van der Waals surface area contributed by atoms with Crippen molar-refractivity contribution in [2.24, 2.45) is 0 Å². The van der Waals surface area contributed by atoms with Gasteiger partial charge in [0.1, 0.15) is 0 Å². The van der Waals surface area contributed by atoms with E-state index in [4.69, 9.17) is 9.78 Å². The lowest BCUT2D eigenvalue weighted by atomic mass is 10.1. The molecule has 0 radical (unpaired) electrons. The summed E-state index contributed by atoms with van der Waals surface area (Å²) < 4.78 is 6.18. The lowest BCUT2D eigenvalue weighted by Crippen LogP contribution is -1.83. The largest absolute Gasteiger partial charge is 0.334 e. The average molecular weight is 326 g/mol. The summed E-state index contributed by atoms with van der Waals surface area (Å²) >= 11 is 3.46. The number of halogens is 1. The van der Waals surface area contributed by atoms with Crippen molar-refractivity contribution < 1.29 is 4.52 Å². The van der Waals surface area contributed by atoms with Gasteiger partial charge in [-0.1, -0.05) is 33.2 Å². The average Bonchev–Trinajstić information content (AvgIpc) is 2.97. The number of hydrogen-bond donors (Lipinski definition) is 0. The molecule has 20 heavy (non-hydrogen) atoms. The van der Waals surface area contributed by atoms with Crippen LogP contribution in [0.3, 0.4) is 0 Å². The third kappa shape index (κ3) is 2.33. The Morgan fingerprint density at radius 1 is 1.05 bits per heavy atom. The lowest BCUT2D eigenvalue weighted by molar-refractivity contribution is 0.432. The molecule has 0 aliphatic heterocycles. The molecule has 0 saturated heterocycles. The summed E-state index contributed by atoms with van der Waals surface area (Å²) in [6.07, 6.45) is 0. The van der Waals surface area contributed by atoms with Crippen molar-refractivity contribution >= 4 is 15.9 Å². The smallest absolute Gasteiger partial charge is 0.258 e. The first kappa shape index (κ1) is 12.6. The second kappa shape index (κ2) is 5.27. The number of hydrogen-bond acceptors (Lipinski definition) is 4. The van der Waals surface area contributed by atoms with E-state index in [1.54, 1.807) is 24.3 Å². The van der Waals surface area contributed by atoms with E-state index in [0.717, 1.165) is 15.6 Å². The van der Waals surface area contributed by atoms with E-state index in [9.17, 15) is 0 Å². The van der Waals surface area contributed by atoms with Gasteiger partial charge in [-0.05, 0) is 36.4 Å². The summed E-state index contributed by atoms with van der Waals surface area (Å²) in [6.45, 7) is 0. The van der Waals surface area contributed by atoms with Crippen molar-refractivity contribution in [2.45, 2.75) is 0 Å². The summed E-state index contributed by atoms with van der Waals surface area (Å²) in [4.78, 5) is 4.38. The second-order valence-electron chi connectivity index (χ2n) is 4.09. The van der Waals surface area contributed by atoms with Gasteiger partial charge in [0.25, 0.3) is 5.89 Å². The highest BCUT2D eigenvalue weighted by molar-refractivity contribution is 9.10. The van der Waals surface area contributed by atoms with Crippen LogP contribution in [0.5, 0.6) is 0 Å². The summed E-state index contributed by atoms with van der Waals surface area (Å²) in [5, 5.41) is 12.8. The fraction of sp³-hybridized carbons (Fsp3) is 0. The van der Waals surface area contributed by atoms with Crippen LogP contribution in [0.15, 0.2) is 57.5 Å². The topological polar surface area (TPSA) is 62.7 Å². The SMILES string of the molecule is N#Cc1ccc(-c2nc(-c3ccccc3Br)no2)cc1.